The van der Waals surface area contributed by atoms with E-state index in [9.17, 15) is 8.42 Å². The maximum Gasteiger partial charge on any atom is 0.260 e. The lowest BCUT2D eigenvalue weighted by molar-refractivity contribution is 0.00959. The summed E-state index contributed by atoms with van der Waals surface area (Å²) in [5.41, 5.74) is 1.29. The van der Waals surface area contributed by atoms with E-state index in [1.807, 2.05) is 0 Å². The van der Waals surface area contributed by atoms with E-state index in [1.54, 1.807) is 22.1 Å². The molecule has 8 heteroatoms. The van der Waals surface area contributed by atoms with Crippen LogP contribution in [0.4, 0.5) is 0 Å². The predicted octanol–water partition coefficient (Wildman–Crippen LogP) is 2.00. The second-order valence-electron chi connectivity index (χ2n) is 9.37. The molecule has 3 heterocycles. The predicted molar refractivity (Wildman–Crippen MR) is 106 cm³/mol. The minimum atomic E-state index is -3.44. The van der Waals surface area contributed by atoms with Crippen LogP contribution in [0.3, 0.4) is 0 Å². The number of aromatic nitrogens is 2. The third-order valence-corrected chi connectivity index (χ3v) is 9.25. The lowest BCUT2D eigenvalue weighted by Gasteiger charge is -2.53. The molecule has 0 unspecified atom stereocenters. The fourth-order valence-electron chi connectivity index (χ4n) is 5.33. The first-order chi connectivity index (χ1) is 13.5. The van der Waals surface area contributed by atoms with Crippen molar-refractivity contribution in [1.29, 1.82) is 0 Å². The van der Waals surface area contributed by atoms with Crippen molar-refractivity contribution in [3.8, 4) is 0 Å². The molecule has 0 bridgehead atoms. The summed E-state index contributed by atoms with van der Waals surface area (Å²) >= 11 is 0. The van der Waals surface area contributed by atoms with Crippen molar-refractivity contribution in [2.75, 3.05) is 26.3 Å². The summed E-state index contributed by atoms with van der Waals surface area (Å²) in [6.07, 6.45) is 8.83. The van der Waals surface area contributed by atoms with Crippen LogP contribution in [0.5, 0.6) is 0 Å². The molecular formula is C20H32N4O3S. The summed E-state index contributed by atoms with van der Waals surface area (Å²) < 4.78 is 35.0. The Kier molecular flexibility index (Phi) is 4.81. The van der Waals surface area contributed by atoms with E-state index in [0.717, 1.165) is 57.4 Å². The fourth-order valence-corrected chi connectivity index (χ4v) is 6.91. The Morgan fingerprint density at radius 3 is 2.43 bits per heavy atom. The van der Waals surface area contributed by atoms with Gasteiger partial charge in [0, 0.05) is 57.4 Å². The molecule has 4 fully saturated rings. The Bertz CT molecular complexity index is 811. The average Bonchev–Trinajstić information content (AvgIpc) is 3.43. The van der Waals surface area contributed by atoms with Crippen LogP contribution in [0.25, 0.3) is 0 Å². The van der Waals surface area contributed by atoms with Crippen LogP contribution in [-0.4, -0.2) is 60.9 Å². The largest absolute Gasteiger partial charge is 0.381 e. The third kappa shape index (κ3) is 3.53. The number of piperidine rings is 1. The molecular weight excluding hydrogens is 376 g/mol. The molecule has 5 rings (SSSR count). The van der Waals surface area contributed by atoms with Crippen LogP contribution in [0.1, 0.15) is 63.0 Å². The smallest absolute Gasteiger partial charge is 0.260 e. The molecule has 1 aromatic rings. The van der Waals surface area contributed by atoms with E-state index in [2.05, 4.69) is 10.4 Å². The second kappa shape index (κ2) is 7.07. The molecule has 0 radical (unpaired) electrons. The van der Waals surface area contributed by atoms with Crippen molar-refractivity contribution in [3.05, 3.63) is 11.8 Å². The molecule has 7 nitrogen and oxygen atoms in total. The highest BCUT2D eigenvalue weighted by atomic mass is 32.2. The number of ether oxygens (including phenoxy) is 1. The molecule has 2 aliphatic carbocycles. The molecule has 1 spiro atoms. The van der Waals surface area contributed by atoms with Gasteiger partial charge in [-0.05, 0) is 56.8 Å². The van der Waals surface area contributed by atoms with Gasteiger partial charge in [-0.1, -0.05) is 0 Å². The first-order valence-electron chi connectivity index (χ1n) is 10.8. The minimum Gasteiger partial charge on any atom is -0.381 e. The van der Waals surface area contributed by atoms with Gasteiger partial charge in [-0.25, -0.2) is 8.42 Å². The number of hydrogen-bond acceptors (Lipinski definition) is 5. The molecule has 1 N–H and O–H groups in total. The van der Waals surface area contributed by atoms with E-state index < -0.39 is 10.0 Å². The summed E-state index contributed by atoms with van der Waals surface area (Å²) in [5, 5.41) is 8.61. The fraction of sp³-hybridized carbons (Fsp3) is 0.850. The zero-order valence-corrected chi connectivity index (χ0v) is 17.6. The Balaban J connectivity index is 1.17. The number of nitrogens with one attached hydrogen (secondary N) is 1. The van der Waals surface area contributed by atoms with Gasteiger partial charge in [0.25, 0.3) is 10.0 Å². The zero-order valence-electron chi connectivity index (χ0n) is 16.8. The van der Waals surface area contributed by atoms with E-state index >= 15 is 0 Å². The maximum absolute atomic E-state index is 13.1. The average molecular weight is 409 g/mol. The Labute approximate surface area is 167 Å². The van der Waals surface area contributed by atoms with Crippen molar-refractivity contribution in [1.82, 2.24) is 19.4 Å². The number of nitrogens with zero attached hydrogens (tertiary/aromatic N) is 3. The maximum atomic E-state index is 13.1. The highest BCUT2D eigenvalue weighted by Crippen LogP contribution is 2.50. The van der Waals surface area contributed by atoms with Crippen LogP contribution in [0, 0.1) is 5.41 Å². The molecule has 2 aliphatic heterocycles. The summed E-state index contributed by atoms with van der Waals surface area (Å²) in [6, 6.07) is 3.00. The number of aryl methyl sites for hydroxylation is 1. The van der Waals surface area contributed by atoms with Crippen LogP contribution in [0.15, 0.2) is 11.1 Å². The van der Waals surface area contributed by atoms with Gasteiger partial charge in [-0.3, -0.25) is 4.68 Å². The van der Waals surface area contributed by atoms with E-state index in [0.29, 0.717) is 41.5 Å². The monoisotopic (exact) mass is 408 g/mol. The minimum absolute atomic E-state index is 0.348. The van der Waals surface area contributed by atoms with Crippen LogP contribution < -0.4 is 5.32 Å². The van der Waals surface area contributed by atoms with Gasteiger partial charge in [-0.15, -0.1) is 0 Å². The van der Waals surface area contributed by atoms with Crippen molar-refractivity contribution in [2.45, 2.75) is 74.4 Å². The summed E-state index contributed by atoms with van der Waals surface area (Å²) in [4.78, 5) is 0. The van der Waals surface area contributed by atoms with E-state index in [-0.39, 0.29) is 0 Å². The first kappa shape index (κ1) is 19.0. The normalized spacial score (nSPS) is 27.2. The van der Waals surface area contributed by atoms with E-state index in [4.69, 9.17) is 4.74 Å². The van der Waals surface area contributed by atoms with Crippen molar-refractivity contribution >= 4 is 10.0 Å². The number of sulfonamides is 1. The standard InChI is InChI=1S/C20H32N4O3S/c1-23-19(12-18(22-23)15-2-3-15)28(25,26)24-8-6-20(7-9-24)13-17(14-20)21-16-4-10-27-11-5-16/h12,15-17,21H,2-11,13-14H2,1H3. The third-order valence-electron chi connectivity index (χ3n) is 7.29. The molecule has 156 valence electrons. The van der Waals surface area contributed by atoms with Gasteiger partial charge >= 0.3 is 0 Å². The Morgan fingerprint density at radius 2 is 1.79 bits per heavy atom. The summed E-state index contributed by atoms with van der Waals surface area (Å²) in [7, 11) is -1.69. The van der Waals surface area contributed by atoms with Crippen LogP contribution >= 0.6 is 0 Å². The van der Waals surface area contributed by atoms with Gasteiger partial charge < -0.3 is 10.1 Å². The van der Waals surface area contributed by atoms with Crippen molar-refractivity contribution < 1.29 is 13.2 Å². The summed E-state index contributed by atoms with van der Waals surface area (Å²) in [5.74, 6) is 0.468. The van der Waals surface area contributed by atoms with Crippen LogP contribution in [-0.2, 0) is 21.8 Å². The second-order valence-corrected chi connectivity index (χ2v) is 11.3. The van der Waals surface area contributed by atoms with Gasteiger partial charge in [0.1, 0.15) is 0 Å². The van der Waals surface area contributed by atoms with Gasteiger partial charge in [-0.2, -0.15) is 9.40 Å². The quantitative estimate of drug-likeness (QED) is 0.806. The molecule has 28 heavy (non-hydrogen) atoms. The topological polar surface area (TPSA) is 76.5 Å². The SMILES string of the molecule is Cn1nc(C2CC2)cc1S(=O)(=O)N1CCC2(CC1)CC(NC1CCOCC1)C2. The molecule has 4 aliphatic rings. The Morgan fingerprint density at radius 1 is 1.11 bits per heavy atom. The van der Waals surface area contributed by atoms with Crippen molar-refractivity contribution in [3.63, 3.8) is 0 Å². The van der Waals surface area contributed by atoms with Gasteiger partial charge in [0.05, 0.1) is 5.69 Å². The van der Waals surface area contributed by atoms with Gasteiger partial charge in [0.15, 0.2) is 5.03 Å². The molecule has 0 atom stereocenters. The number of rotatable bonds is 5. The molecule has 0 amide bonds. The first-order valence-corrected chi connectivity index (χ1v) is 12.3. The van der Waals surface area contributed by atoms with Crippen LogP contribution in [0.2, 0.25) is 0 Å². The van der Waals surface area contributed by atoms with E-state index in [1.165, 1.54) is 12.8 Å². The highest BCUT2D eigenvalue weighted by Gasteiger charge is 2.48. The summed E-state index contributed by atoms with van der Waals surface area (Å²) in [6.45, 7) is 3.02. The lowest BCUT2D eigenvalue weighted by Crippen LogP contribution is -2.56. The van der Waals surface area contributed by atoms with Crippen molar-refractivity contribution in [2.24, 2.45) is 12.5 Å². The number of hydrogen-bond donors (Lipinski definition) is 1. The lowest BCUT2D eigenvalue weighted by atomic mass is 9.60. The van der Waals surface area contributed by atoms with Gasteiger partial charge in [0.2, 0.25) is 0 Å². The molecule has 2 saturated carbocycles. The molecule has 1 aromatic heterocycles. The molecule has 2 saturated heterocycles. The zero-order chi connectivity index (χ0) is 19.4. The molecule has 0 aromatic carbocycles. The Hall–Kier alpha value is -0.960. The highest BCUT2D eigenvalue weighted by molar-refractivity contribution is 7.89.